The van der Waals surface area contributed by atoms with E-state index in [9.17, 15) is 10.2 Å². The van der Waals surface area contributed by atoms with Crippen molar-refractivity contribution < 1.29 is 10.2 Å². The highest BCUT2D eigenvalue weighted by atomic mass is 35.5. The predicted molar refractivity (Wildman–Crippen MR) is 55.4 cm³/mol. The van der Waals surface area contributed by atoms with Gasteiger partial charge in [-0.25, -0.2) is 4.98 Å². The molecule has 0 aromatic carbocycles. The summed E-state index contributed by atoms with van der Waals surface area (Å²) in [4.78, 5) is 3.86. The second-order valence-corrected chi connectivity index (χ2v) is 3.52. The SMILES string of the molecule is Cc1cc(C(O)C(O)CCl)cnc1C#N. The average molecular weight is 227 g/mol. The summed E-state index contributed by atoms with van der Waals surface area (Å²) in [7, 11) is 0. The standard InChI is InChI=1S/C10H11ClN2O2/c1-6-2-7(5-13-8(6)4-12)10(15)9(14)3-11/h2,5,9-10,14-15H,3H2,1H3. The van der Waals surface area contributed by atoms with Crippen LogP contribution in [0, 0.1) is 18.3 Å². The van der Waals surface area contributed by atoms with Gasteiger partial charge in [-0.2, -0.15) is 5.26 Å². The van der Waals surface area contributed by atoms with Gasteiger partial charge in [-0.1, -0.05) is 0 Å². The van der Waals surface area contributed by atoms with Gasteiger partial charge in [-0.15, -0.1) is 11.6 Å². The van der Waals surface area contributed by atoms with Crippen LogP contribution in [0.15, 0.2) is 12.3 Å². The second-order valence-electron chi connectivity index (χ2n) is 3.21. The Morgan fingerprint density at radius 2 is 2.27 bits per heavy atom. The summed E-state index contributed by atoms with van der Waals surface area (Å²) in [6, 6.07) is 3.54. The molecule has 0 aliphatic carbocycles. The highest BCUT2D eigenvalue weighted by Crippen LogP contribution is 2.18. The van der Waals surface area contributed by atoms with Crippen molar-refractivity contribution in [2.24, 2.45) is 0 Å². The van der Waals surface area contributed by atoms with Crippen molar-refractivity contribution in [2.45, 2.75) is 19.1 Å². The summed E-state index contributed by atoms with van der Waals surface area (Å²) in [6.07, 6.45) is -0.728. The van der Waals surface area contributed by atoms with Crippen LogP contribution in [0.2, 0.25) is 0 Å². The van der Waals surface area contributed by atoms with Gasteiger partial charge >= 0.3 is 0 Å². The summed E-state index contributed by atoms with van der Waals surface area (Å²) in [5.74, 6) is -0.0553. The van der Waals surface area contributed by atoms with Gasteiger partial charge in [0.15, 0.2) is 0 Å². The number of hydrogen-bond acceptors (Lipinski definition) is 4. The molecule has 0 saturated heterocycles. The Bertz CT molecular complexity index is 389. The molecule has 0 fully saturated rings. The molecular formula is C10H11ClN2O2. The first-order valence-corrected chi connectivity index (χ1v) is 4.92. The van der Waals surface area contributed by atoms with Crippen molar-refractivity contribution in [3.8, 4) is 6.07 Å². The van der Waals surface area contributed by atoms with E-state index in [-0.39, 0.29) is 5.88 Å². The minimum Gasteiger partial charge on any atom is -0.389 e. The van der Waals surface area contributed by atoms with E-state index in [1.54, 1.807) is 13.0 Å². The van der Waals surface area contributed by atoms with Gasteiger partial charge in [0, 0.05) is 11.8 Å². The number of halogens is 1. The minimum absolute atomic E-state index is 0.0553. The number of nitrogens with zero attached hydrogens (tertiary/aromatic N) is 2. The molecule has 15 heavy (non-hydrogen) atoms. The number of nitriles is 1. The van der Waals surface area contributed by atoms with Gasteiger partial charge in [0.25, 0.3) is 0 Å². The Labute approximate surface area is 92.8 Å². The van der Waals surface area contributed by atoms with Gasteiger partial charge in [0.2, 0.25) is 0 Å². The van der Waals surface area contributed by atoms with E-state index in [4.69, 9.17) is 16.9 Å². The molecule has 0 bridgehead atoms. The van der Waals surface area contributed by atoms with Gasteiger partial charge in [-0.05, 0) is 18.6 Å². The number of pyridine rings is 1. The fourth-order valence-electron chi connectivity index (χ4n) is 1.18. The van der Waals surface area contributed by atoms with Crippen molar-refractivity contribution in [1.82, 2.24) is 4.98 Å². The monoisotopic (exact) mass is 226 g/mol. The first-order valence-electron chi connectivity index (χ1n) is 4.39. The first kappa shape index (κ1) is 11.9. The molecule has 1 aromatic rings. The van der Waals surface area contributed by atoms with Crippen molar-refractivity contribution in [2.75, 3.05) is 5.88 Å². The molecule has 0 saturated carbocycles. The second kappa shape index (κ2) is 5.08. The van der Waals surface area contributed by atoms with Crippen LogP contribution < -0.4 is 0 Å². The van der Waals surface area contributed by atoms with E-state index >= 15 is 0 Å². The van der Waals surface area contributed by atoms with Crippen molar-refractivity contribution in [3.63, 3.8) is 0 Å². The lowest BCUT2D eigenvalue weighted by atomic mass is 10.0. The molecule has 0 radical (unpaired) electrons. The van der Waals surface area contributed by atoms with Crippen LogP contribution in [0.25, 0.3) is 0 Å². The first-order chi connectivity index (χ1) is 7.10. The van der Waals surface area contributed by atoms with Crippen LogP contribution in [0.3, 0.4) is 0 Å². The highest BCUT2D eigenvalue weighted by molar-refractivity contribution is 6.18. The zero-order valence-electron chi connectivity index (χ0n) is 8.18. The molecule has 1 heterocycles. The van der Waals surface area contributed by atoms with Crippen LogP contribution in [0.5, 0.6) is 0 Å². The molecule has 5 heteroatoms. The van der Waals surface area contributed by atoms with Crippen LogP contribution in [0.4, 0.5) is 0 Å². The Hall–Kier alpha value is -1.15. The number of hydrogen-bond donors (Lipinski definition) is 2. The largest absolute Gasteiger partial charge is 0.389 e. The maximum absolute atomic E-state index is 9.62. The van der Waals surface area contributed by atoms with Crippen molar-refractivity contribution >= 4 is 11.6 Å². The van der Waals surface area contributed by atoms with Gasteiger partial charge in [0.05, 0.1) is 12.0 Å². The number of rotatable bonds is 3. The quantitative estimate of drug-likeness (QED) is 0.751. The number of aryl methyl sites for hydroxylation is 1. The predicted octanol–water partition coefficient (Wildman–Crippen LogP) is 0.895. The molecular weight excluding hydrogens is 216 g/mol. The Morgan fingerprint density at radius 1 is 1.60 bits per heavy atom. The van der Waals surface area contributed by atoms with E-state index in [1.165, 1.54) is 6.20 Å². The molecule has 4 nitrogen and oxygen atoms in total. The van der Waals surface area contributed by atoms with Crippen LogP contribution in [-0.2, 0) is 0 Å². The number of aromatic nitrogens is 1. The lowest BCUT2D eigenvalue weighted by Crippen LogP contribution is -2.20. The van der Waals surface area contributed by atoms with Crippen molar-refractivity contribution in [1.29, 1.82) is 5.26 Å². The molecule has 1 rings (SSSR count). The van der Waals surface area contributed by atoms with E-state index in [0.717, 1.165) is 0 Å². The molecule has 2 N–H and O–H groups in total. The zero-order chi connectivity index (χ0) is 11.4. The molecule has 2 atom stereocenters. The van der Waals surface area contributed by atoms with Crippen LogP contribution >= 0.6 is 11.6 Å². The third-order valence-corrected chi connectivity index (χ3v) is 2.39. The third-order valence-electron chi connectivity index (χ3n) is 2.07. The van der Waals surface area contributed by atoms with Gasteiger partial charge in [-0.3, -0.25) is 0 Å². The minimum atomic E-state index is -1.07. The molecule has 1 aromatic heterocycles. The van der Waals surface area contributed by atoms with Crippen LogP contribution in [-0.4, -0.2) is 27.2 Å². The zero-order valence-corrected chi connectivity index (χ0v) is 8.94. The smallest absolute Gasteiger partial charge is 0.143 e. The lowest BCUT2D eigenvalue weighted by molar-refractivity contribution is 0.0325. The summed E-state index contributed by atoms with van der Waals surface area (Å²) in [5.41, 5.74) is 1.43. The van der Waals surface area contributed by atoms with E-state index in [1.807, 2.05) is 6.07 Å². The van der Waals surface area contributed by atoms with Crippen LogP contribution in [0.1, 0.15) is 22.9 Å². The summed E-state index contributed by atoms with van der Waals surface area (Å²) in [6.45, 7) is 1.72. The fraction of sp³-hybridized carbons (Fsp3) is 0.400. The third kappa shape index (κ3) is 2.66. The molecule has 2 unspecified atom stereocenters. The summed E-state index contributed by atoms with van der Waals surface area (Å²) >= 11 is 5.41. The van der Waals surface area contributed by atoms with Gasteiger partial charge in [0.1, 0.15) is 17.9 Å². The Morgan fingerprint density at radius 3 is 2.73 bits per heavy atom. The van der Waals surface area contributed by atoms with E-state index in [2.05, 4.69) is 4.98 Å². The summed E-state index contributed by atoms with van der Waals surface area (Å²) < 4.78 is 0. The topological polar surface area (TPSA) is 77.1 Å². The van der Waals surface area contributed by atoms with E-state index < -0.39 is 12.2 Å². The number of alkyl halides is 1. The number of aliphatic hydroxyl groups is 2. The fourth-order valence-corrected chi connectivity index (χ4v) is 1.35. The molecule has 0 spiro atoms. The average Bonchev–Trinajstić information content (AvgIpc) is 2.26. The Kier molecular flexibility index (Phi) is 4.04. The maximum Gasteiger partial charge on any atom is 0.143 e. The molecule has 0 aliphatic rings. The van der Waals surface area contributed by atoms with E-state index in [0.29, 0.717) is 16.8 Å². The Balaban J connectivity index is 2.98. The molecule has 80 valence electrons. The van der Waals surface area contributed by atoms with Gasteiger partial charge < -0.3 is 10.2 Å². The highest BCUT2D eigenvalue weighted by Gasteiger charge is 2.18. The molecule has 0 aliphatic heterocycles. The summed E-state index contributed by atoms with van der Waals surface area (Å²) in [5, 5.41) is 27.6. The normalized spacial score (nSPS) is 14.3. The lowest BCUT2D eigenvalue weighted by Gasteiger charge is -2.15. The maximum atomic E-state index is 9.62. The van der Waals surface area contributed by atoms with Crippen molar-refractivity contribution in [3.05, 3.63) is 29.1 Å². The number of aliphatic hydroxyl groups excluding tert-OH is 2. The molecule has 0 amide bonds.